The fourth-order valence-corrected chi connectivity index (χ4v) is 1.35. The molecule has 1 heterocycles. The summed E-state index contributed by atoms with van der Waals surface area (Å²) in [7, 11) is 0. The summed E-state index contributed by atoms with van der Waals surface area (Å²) in [4.78, 5) is 12.0. The minimum Gasteiger partial charge on any atom is -0.466 e. The summed E-state index contributed by atoms with van der Waals surface area (Å²) in [5.41, 5.74) is 0.691. The number of nitrogens with one attached hydrogen (secondary N) is 1. The van der Waals surface area contributed by atoms with Gasteiger partial charge in [0.15, 0.2) is 0 Å². The number of rotatable bonds is 2. The fourth-order valence-electron chi connectivity index (χ4n) is 1.35. The monoisotopic (exact) mass is 223 g/mol. The van der Waals surface area contributed by atoms with Gasteiger partial charge in [-0.05, 0) is 32.3 Å². The van der Waals surface area contributed by atoms with E-state index in [9.17, 15) is 4.79 Å². The Bertz CT molecular complexity index is 385. The molecule has 1 atom stereocenters. The molecule has 1 aromatic heterocycles. The first kappa shape index (κ1) is 12.8. The van der Waals surface area contributed by atoms with Gasteiger partial charge in [-0.1, -0.05) is 20.8 Å². The zero-order chi connectivity index (χ0) is 12.5. The lowest BCUT2D eigenvalue weighted by Gasteiger charge is -2.27. The van der Waals surface area contributed by atoms with Crippen molar-refractivity contribution in [3.05, 3.63) is 23.2 Å². The van der Waals surface area contributed by atoms with Gasteiger partial charge < -0.3 is 9.73 Å². The Kier molecular flexibility index (Phi) is 3.46. The lowest BCUT2D eigenvalue weighted by molar-refractivity contribution is 0.0908. The maximum atomic E-state index is 12.0. The van der Waals surface area contributed by atoms with Gasteiger partial charge in [-0.25, -0.2) is 0 Å². The van der Waals surface area contributed by atoms with E-state index >= 15 is 0 Å². The van der Waals surface area contributed by atoms with Crippen LogP contribution in [-0.2, 0) is 0 Å². The maximum absolute atomic E-state index is 12.0. The molecule has 16 heavy (non-hydrogen) atoms. The van der Waals surface area contributed by atoms with E-state index in [4.69, 9.17) is 4.42 Å². The molecule has 0 saturated heterocycles. The highest BCUT2D eigenvalue weighted by Crippen LogP contribution is 2.20. The van der Waals surface area contributed by atoms with Crippen molar-refractivity contribution < 1.29 is 9.21 Å². The molecule has 0 aromatic carbocycles. The average molecular weight is 223 g/mol. The average Bonchev–Trinajstić information content (AvgIpc) is 2.43. The van der Waals surface area contributed by atoms with Crippen molar-refractivity contribution in [1.82, 2.24) is 5.32 Å². The molecule has 0 aliphatic heterocycles. The van der Waals surface area contributed by atoms with Crippen LogP contribution in [0.5, 0.6) is 0 Å². The molecular formula is C13H21NO2. The molecule has 1 N–H and O–H groups in total. The first-order valence-electron chi connectivity index (χ1n) is 5.59. The zero-order valence-corrected chi connectivity index (χ0v) is 11.0. The number of furan rings is 1. The minimum atomic E-state index is -0.0585. The van der Waals surface area contributed by atoms with Crippen LogP contribution >= 0.6 is 0 Å². The number of carbonyl (C=O) groups excluding carboxylic acids is 1. The molecule has 1 rings (SSSR count). The van der Waals surface area contributed by atoms with Gasteiger partial charge in [0, 0.05) is 6.04 Å². The molecule has 0 radical (unpaired) electrons. The lowest BCUT2D eigenvalue weighted by atomic mass is 9.88. The third-order valence-corrected chi connectivity index (χ3v) is 2.93. The Hall–Kier alpha value is -1.25. The number of aryl methyl sites for hydroxylation is 2. The second-order valence-electron chi connectivity index (χ2n) is 5.39. The summed E-state index contributed by atoms with van der Waals surface area (Å²) < 4.78 is 5.34. The molecule has 0 unspecified atom stereocenters. The van der Waals surface area contributed by atoms with E-state index in [-0.39, 0.29) is 17.4 Å². The van der Waals surface area contributed by atoms with Gasteiger partial charge >= 0.3 is 0 Å². The molecule has 0 bridgehead atoms. The van der Waals surface area contributed by atoms with Crippen LogP contribution in [0.4, 0.5) is 0 Å². The quantitative estimate of drug-likeness (QED) is 0.837. The van der Waals surface area contributed by atoms with Crippen molar-refractivity contribution in [1.29, 1.82) is 0 Å². The van der Waals surface area contributed by atoms with Gasteiger partial charge in [0.1, 0.15) is 11.5 Å². The van der Waals surface area contributed by atoms with Crippen LogP contribution in [0.2, 0.25) is 0 Å². The second kappa shape index (κ2) is 4.32. The van der Waals surface area contributed by atoms with Gasteiger partial charge in [-0.3, -0.25) is 4.79 Å². The second-order valence-corrected chi connectivity index (χ2v) is 5.39. The predicted octanol–water partition coefficient (Wildman–Crippen LogP) is 3.06. The van der Waals surface area contributed by atoms with Crippen LogP contribution in [0.15, 0.2) is 10.5 Å². The molecule has 3 nitrogen and oxygen atoms in total. The van der Waals surface area contributed by atoms with Gasteiger partial charge in [-0.15, -0.1) is 0 Å². The minimum absolute atomic E-state index is 0.0579. The van der Waals surface area contributed by atoms with Gasteiger partial charge in [-0.2, -0.15) is 0 Å². The van der Waals surface area contributed by atoms with Crippen LogP contribution in [0.1, 0.15) is 49.6 Å². The first-order chi connectivity index (χ1) is 7.21. The molecule has 0 aliphatic rings. The number of carbonyl (C=O) groups is 1. The Morgan fingerprint density at radius 1 is 1.38 bits per heavy atom. The topological polar surface area (TPSA) is 42.2 Å². The molecule has 0 spiro atoms. The summed E-state index contributed by atoms with van der Waals surface area (Å²) in [6.45, 7) is 12.0. The maximum Gasteiger partial charge on any atom is 0.255 e. The van der Waals surface area contributed by atoms with E-state index in [1.165, 1.54) is 0 Å². The molecule has 3 heteroatoms. The number of hydrogen-bond acceptors (Lipinski definition) is 2. The summed E-state index contributed by atoms with van der Waals surface area (Å²) >= 11 is 0. The lowest BCUT2D eigenvalue weighted by Crippen LogP contribution is -2.41. The zero-order valence-electron chi connectivity index (χ0n) is 11.0. The third-order valence-electron chi connectivity index (χ3n) is 2.93. The van der Waals surface area contributed by atoms with Gasteiger partial charge in [0.2, 0.25) is 0 Å². The summed E-state index contributed by atoms with van der Waals surface area (Å²) in [5, 5.41) is 2.99. The van der Waals surface area contributed by atoms with Crippen LogP contribution in [0.25, 0.3) is 0 Å². The van der Waals surface area contributed by atoms with Crippen molar-refractivity contribution in [3.63, 3.8) is 0 Å². The van der Waals surface area contributed by atoms with Crippen molar-refractivity contribution in [3.8, 4) is 0 Å². The van der Waals surface area contributed by atoms with Crippen LogP contribution < -0.4 is 5.32 Å². The summed E-state index contributed by atoms with van der Waals surface area (Å²) in [6.07, 6.45) is 0. The Balaban J connectivity index is 2.77. The Morgan fingerprint density at radius 2 is 1.94 bits per heavy atom. The van der Waals surface area contributed by atoms with Crippen LogP contribution in [0.3, 0.4) is 0 Å². The Labute approximate surface area is 97.2 Å². The van der Waals surface area contributed by atoms with Crippen LogP contribution in [0, 0.1) is 19.3 Å². The molecule has 0 aliphatic carbocycles. The normalized spacial score (nSPS) is 13.6. The molecule has 0 saturated carbocycles. The molecule has 0 fully saturated rings. The first-order valence-corrected chi connectivity index (χ1v) is 5.59. The molecule has 90 valence electrons. The van der Waals surface area contributed by atoms with E-state index in [0.717, 1.165) is 5.76 Å². The summed E-state index contributed by atoms with van der Waals surface area (Å²) in [5.74, 6) is 1.39. The van der Waals surface area contributed by atoms with Crippen LogP contribution in [-0.4, -0.2) is 11.9 Å². The van der Waals surface area contributed by atoms with E-state index in [1.54, 1.807) is 6.07 Å². The molecule has 1 aromatic rings. The van der Waals surface area contributed by atoms with Crippen molar-refractivity contribution in [2.75, 3.05) is 0 Å². The molecular weight excluding hydrogens is 202 g/mol. The smallest absolute Gasteiger partial charge is 0.255 e. The van der Waals surface area contributed by atoms with E-state index in [2.05, 4.69) is 26.1 Å². The largest absolute Gasteiger partial charge is 0.466 e. The van der Waals surface area contributed by atoms with E-state index in [0.29, 0.717) is 11.3 Å². The molecule has 1 amide bonds. The highest BCUT2D eigenvalue weighted by Gasteiger charge is 2.23. The predicted molar refractivity (Wildman–Crippen MR) is 64.6 cm³/mol. The number of hydrogen-bond donors (Lipinski definition) is 1. The fraction of sp³-hybridized carbons (Fsp3) is 0.615. The standard InChI is InChI=1S/C13H21NO2/c1-8-7-11(9(2)16-8)12(15)14-10(3)13(4,5)6/h7,10H,1-6H3,(H,14,15)/t10-/m1/s1. The van der Waals surface area contributed by atoms with Crippen molar-refractivity contribution >= 4 is 5.91 Å². The Morgan fingerprint density at radius 3 is 2.31 bits per heavy atom. The third kappa shape index (κ3) is 2.87. The van der Waals surface area contributed by atoms with Gasteiger partial charge in [0.25, 0.3) is 5.91 Å². The summed E-state index contributed by atoms with van der Waals surface area (Å²) in [6, 6.07) is 1.90. The van der Waals surface area contributed by atoms with Gasteiger partial charge in [0.05, 0.1) is 5.56 Å². The van der Waals surface area contributed by atoms with Crippen molar-refractivity contribution in [2.45, 2.75) is 47.6 Å². The van der Waals surface area contributed by atoms with E-state index < -0.39 is 0 Å². The SMILES string of the molecule is Cc1cc(C(=O)N[C@H](C)C(C)(C)C)c(C)o1. The van der Waals surface area contributed by atoms with E-state index in [1.807, 2.05) is 20.8 Å². The highest BCUT2D eigenvalue weighted by molar-refractivity contribution is 5.95. The number of amides is 1. The highest BCUT2D eigenvalue weighted by atomic mass is 16.3. The van der Waals surface area contributed by atoms with Crippen molar-refractivity contribution in [2.24, 2.45) is 5.41 Å².